The van der Waals surface area contributed by atoms with Crippen molar-refractivity contribution in [2.45, 2.75) is 11.1 Å². The Hall–Kier alpha value is -1.35. The normalized spacial score (nSPS) is 13.8. The number of sulfone groups is 1. The van der Waals surface area contributed by atoms with Crippen molar-refractivity contribution >= 4 is 27.0 Å². The number of benzene rings is 1. The maximum Gasteiger partial charge on any atom is 0.401 e. The van der Waals surface area contributed by atoms with Gasteiger partial charge in [-0.05, 0) is 24.3 Å². The van der Waals surface area contributed by atoms with Gasteiger partial charge in [0.1, 0.15) is 18.3 Å². The van der Waals surface area contributed by atoms with E-state index in [-0.39, 0.29) is 10.6 Å². The van der Waals surface area contributed by atoms with Crippen LogP contribution >= 0.6 is 12.2 Å². The molecule has 0 aromatic heterocycles. The fourth-order valence-corrected chi connectivity index (χ4v) is 2.13. The van der Waals surface area contributed by atoms with Crippen LogP contribution in [0.5, 0.6) is 5.75 Å². The molecule has 1 aromatic carbocycles. The number of rotatable bonds is 5. The summed E-state index contributed by atoms with van der Waals surface area (Å²) >= 11 is 4.35. The van der Waals surface area contributed by atoms with Gasteiger partial charge in [-0.25, -0.2) is 8.42 Å². The summed E-state index contributed by atoms with van der Waals surface area (Å²) in [6.45, 7) is -0.753. The highest BCUT2D eigenvalue weighted by molar-refractivity contribution is 7.90. The summed E-state index contributed by atoms with van der Waals surface area (Å²) in [4.78, 5) is -0.656. The van der Waals surface area contributed by atoms with Crippen molar-refractivity contribution in [2.75, 3.05) is 12.9 Å². The summed E-state index contributed by atoms with van der Waals surface area (Å²) in [6, 6.07) is 5.02. The Balaban J connectivity index is 2.77. The minimum atomic E-state index is -4.58. The summed E-state index contributed by atoms with van der Waals surface area (Å²) in [7, 11) is -3.36. The highest BCUT2D eigenvalue weighted by Gasteiger charge is 2.42. The van der Waals surface area contributed by atoms with Gasteiger partial charge in [0, 0.05) is 6.26 Å². The van der Waals surface area contributed by atoms with Gasteiger partial charge in [0.2, 0.25) is 0 Å². The molecule has 0 aliphatic carbocycles. The lowest BCUT2D eigenvalue weighted by molar-refractivity contribution is -0.161. The van der Waals surface area contributed by atoms with E-state index in [1.165, 1.54) is 24.3 Å². The Morgan fingerprint density at radius 1 is 1.35 bits per heavy atom. The zero-order valence-electron chi connectivity index (χ0n) is 10.3. The topological polar surface area (TPSA) is 69.4 Å². The molecule has 0 saturated heterocycles. The largest absolute Gasteiger partial charge is 0.493 e. The predicted octanol–water partition coefficient (Wildman–Crippen LogP) is 1.93. The van der Waals surface area contributed by atoms with Crippen LogP contribution in [0.1, 0.15) is 0 Å². The highest BCUT2D eigenvalue weighted by Crippen LogP contribution is 2.27. The van der Waals surface area contributed by atoms with Gasteiger partial charge in [0.15, 0.2) is 9.84 Å². The molecule has 2 N–H and O–H groups in total. The third-order valence-electron chi connectivity index (χ3n) is 2.41. The molecule has 0 aliphatic rings. The lowest BCUT2D eigenvalue weighted by atomic mass is 10.1. The Bertz CT molecular complexity index is 582. The standard InChI is InChI=1S/C11H12F3NO3S2/c1-20(16,17)8-4-2-7(3-5-8)18-6-9(10(15)19)11(12,13)14/h2-5,9H,6H2,1H3,(H2,15,19). The van der Waals surface area contributed by atoms with Crippen LogP contribution in [0, 0.1) is 5.92 Å². The van der Waals surface area contributed by atoms with Crippen molar-refractivity contribution in [2.24, 2.45) is 11.7 Å². The molecule has 1 atom stereocenters. The van der Waals surface area contributed by atoms with Gasteiger partial charge in [-0.15, -0.1) is 0 Å². The van der Waals surface area contributed by atoms with Gasteiger partial charge in [0.05, 0.1) is 9.88 Å². The van der Waals surface area contributed by atoms with Gasteiger partial charge in [-0.1, -0.05) is 12.2 Å². The summed E-state index contributed by atoms with van der Waals surface area (Å²) in [5.74, 6) is -1.95. The third kappa shape index (κ3) is 4.64. The molecule has 1 aromatic rings. The molecule has 0 amide bonds. The van der Waals surface area contributed by atoms with Crippen LogP contribution < -0.4 is 10.5 Å². The van der Waals surface area contributed by atoms with Crippen molar-refractivity contribution in [1.29, 1.82) is 0 Å². The zero-order chi connectivity index (χ0) is 15.6. The van der Waals surface area contributed by atoms with E-state index < -0.39 is 33.5 Å². The Kier molecular flexibility index (Phi) is 4.98. The SMILES string of the molecule is CS(=O)(=O)c1ccc(OCC(C(N)=S)C(F)(F)F)cc1. The molecule has 0 bridgehead atoms. The first-order valence-electron chi connectivity index (χ1n) is 5.31. The first kappa shape index (κ1) is 16.7. The second-order valence-electron chi connectivity index (χ2n) is 4.05. The second kappa shape index (κ2) is 5.96. The molecule has 0 aliphatic heterocycles. The summed E-state index contributed by atoms with van der Waals surface area (Å²) < 4.78 is 65.1. The van der Waals surface area contributed by atoms with E-state index in [4.69, 9.17) is 10.5 Å². The van der Waals surface area contributed by atoms with Gasteiger partial charge >= 0.3 is 6.18 Å². The van der Waals surface area contributed by atoms with Gasteiger partial charge in [-0.2, -0.15) is 13.2 Å². The molecule has 9 heteroatoms. The molecule has 0 heterocycles. The van der Waals surface area contributed by atoms with Crippen molar-refractivity contribution in [3.8, 4) is 5.75 Å². The van der Waals surface area contributed by atoms with E-state index in [9.17, 15) is 21.6 Å². The number of halogens is 3. The molecule has 112 valence electrons. The highest BCUT2D eigenvalue weighted by atomic mass is 32.2. The minimum absolute atomic E-state index is 0.0477. The Morgan fingerprint density at radius 2 is 1.85 bits per heavy atom. The lowest BCUT2D eigenvalue weighted by Gasteiger charge is -2.19. The summed E-state index contributed by atoms with van der Waals surface area (Å²) in [5.41, 5.74) is 5.02. The number of hydrogen-bond donors (Lipinski definition) is 1. The van der Waals surface area contributed by atoms with E-state index in [0.29, 0.717) is 0 Å². The number of nitrogens with two attached hydrogens (primary N) is 1. The average molecular weight is 327 g/mol. The van der Waals surface area contributed by atoms with Crippen LogP contribution in [0.15, 0.2) is 29.2 Å². The monoisotopic (exact) mass is 327 g/mol. The molecule has 20 heavy (non-hydrogen) atoms. The molecule has 0 fully saturated rings. The molecule has 4 nitrogen and oxygen atoms in total. The van der Waals surface area contributed by atoms with Crippen molar-refractivity contribution in [1.82, 2.24) is 0 Å². The van der Waals surface area contributed by atoms with Crippen LogP contribution in [-0.4, -0.2) is 32.4 Å². The maximum absolute atomic E-state index is 12.6. The maximum atomic E-state index is 12.6. The van der Waals surface area contributed by atoms with Gasteiger partial charge < -0.3 is 10.5 Å². The molecular weight excluding hydrogens is 315 g/mol. The summed E-state index contributed by atoms with van der Waals surface area (Å²) in [6.07, 6.45) is -3.56. The van der Waals surface area contributed by atoms with Crippen molar-refractivity contribution in [3.05, 3.63) is 24.3 Å². The summed E-state index contributed by atoms with van der Waals surface area (Å²) in [5, 5.41) is 0. The van der Waals surface area contributed by atoms with E-state index in [2.05, 4.69) is 12.2 Å². The predicted molar refractivity (Wildman–Crippen MR) is 71.4 cm³/mol. The average Bonchev–Trinajstić information content (AvgIpc) is 2.26. The van der Waals surface area contributed by atoms with Crippen LogP contribution in [0.3, 0.4) is 0 Å². The quantitative estimate of drug-likeness (QED) is 0.837. The smallest absolute Gasteiger partial charge is 0.401 e. The number of hydrogen-bond acceptors (Lipinski definition) is 4. The van der Waals surface area contributed by atoms with Crippen LogP contribution in [0.2, 0.25) is 0 Å². The van der Waals surface area contributed by atoms with Gasteiger partial charge in [0.25, 0.3) is 0 Å². The van der Waals surface area contributed by atoms with E-state index in [1.807, 2.05) is 0 Å². The Labute approximate surface area is 119 Å². The first-order valence-corrected chi connectivity index (χ1v) is 7.60. The fourth-order valence-electron chi connectivity index (χ4n) is 1.30. The molecule has 0 radical (unpaired) electrons. The van der Waals surface area contributed by atoms with Crippen molar-refractivity contribution in [3.63, 3.8) is 0 Å². The van der Waals surface area contributed by atoms with E-state index in [0.717, 1.165) is 6.26 Å². The van der Waals surface area contributed by atoms with Crippen LogP contribution in [0.25, 0.3) is 0 Å². The molecule has 0 saturated carbocycles. The van der Waals surface area contributed by atoms with Crippen LogP contribution in [0.4, 0.5) is 13.2 Å². The number of alkyl halides is 3. The van der Waals surface area contributed by atoms with Crippen LogP contribution in [-0.2, 0) is 9.84 Å². The number of ether oxygens (including phenoxy) is 1. The Morgan fingerprint density at radius 3 is 2.20 bits per heavy atom. The molecular formula is C11H12F3NO3S2. The fraction of sp³-hybridized carbons (Fsp3) is 0.364. The number of thiocarbonyl (C=S) groups is 1. The van der Waals surface area contributed by atoms with Gasteiger partial charge in [-0.3, -0.25) is 0 Å². The molecule has 0 spiro atoms. The zero-order valence-corrected chi connectivity index (χ0v) is 12.0. The van der Waals surface area contributed by atoms with E-state index in [1.54, 1.807) is 0 Å². The second-order valence-corrected chi connectivity index (χ2v) is 6.54. The molecule has 1 unspecified atom stereocenters. The lowest BCUT2D eigenvalue weighted by Crippen LogP contribution is -2.38. The van der Waals surface area contributed by atoms with E-state index >= 15 is 0 Å². The third-order valence-corrected chi connectivity index (χ3v) is 3.82. The molecule has 1 rings (SSSR count). The first-order chi connectivity index (χ1) is 9.01. The minimum Gasteiger partial charge on any atom is -0.493 e. The van der Waals surface area contributed by atoms with Crippen molar-refractivity contribution < 1.29 is 26.3 Å².